The second-order valence-corrected chi connectivity index (χ2v) is 9.53. The number of aliphatic carboxylic acids is 1. The van der Waals surface area contributed by atoms with Crippen LogP contribution in [0.25, 0.3) is 33.5 Å². The van der Waals surface area contributed by atoms with Crippen LogP contribution in [0.4, 0.5) is 0 Å². The van der Waals surface area contributed by atoms with Gasteiger partial charge in [0.1, 0.15) is 5.52 Å². The van der Waals surface area contributed by atoms with E-state index in [1.54, 1.807) is 25.2 Å². The molecule has 0 unspecified atom stereocenters. The molecule has 3 heterocycles. The van der Waals surface area contributed by atoms with Gasteiger partial charge in [0.2, 0.25) is 0 Å². The van der Waals surface area contributed by atoms with Crippen molar-refractivity contribution in [1.29, 1.82) is 0 Å². The van der Waals surface area contributed by atoms with E-state index >= 15 is 0 Å². The highest BCUT2D eigenvalue weighted by atomic mass is 16.4. The monoisotopic (exact) mass is 483 g/mol. The number of carbonyl (C=O) groups excluding carboxylic acids is 1. The van der Waals surface area contributed by atoms with E-state index < -0.39 is 5.97 Å². The van der Waals surface area contributed by atoms with Crippen LogP contribution in [-0.2, 0) is 17.8 Å². The number of benzene rings is 2. The van der Waals surface area contributed by atoms with Gasteiger partial charge in [-0.05, 0) is 59.9 Å². The van der Waals surface area contributed by atoms with Crippen molar-refractivity contribution in [3.63, 3.8) is 0 Å². The van der Waals surface area contributed by atoms with E-state index in [2.05, 4.69) is 33.9 Å². The fourth-order valence-corrected chi connectivity index (χ4v) is 4.87. The number of carboxylic acid groups (broad SMARTS) is 1. The lowest BCUT2D eigenvalue weighted by Crippen LogP contribution is -2.32. The normalized spacial score (nSPS) is 13.5. The first-order valence-electron chi connectivity index (χ1n) is 12.0. The first-order valence-corrected chi connectivity index (χ1v) is 12.0. The zero-order chi connectivity index (χ0) is 25.4. The van der Waals surface area contributed by atoms with Crippen LogP contribution in [0.1, 0.15) is 33.5 Å². The van der Waals surface area contributed by atoms with Crippen molar-refractivity contribution in [1.82, 2.24) is 24.8 Å². The van der Waals surface area contributed by atoms with Crippen LogP contribution in [0.2, 0.25) is 0 Å². The molecule has 184 valence electrons. The number of carbonyl (C=O) groups is 2. The molecule has 2 aromatic carbocycles. The number of aryl methyl sites for hydroxylation is 1. The van der Waals surface area contributed by atoms with Crippen LogP contribution in [0.5, 0.6) is 0 Å². The molecule has 2 aromatic heterocycles. The van der Waals surface area contributed by atoms with E-state index in [9.17, 15) is 9.59 Å². The van der Waals surface area contributed by atoms with E-state index in [1.807, 2.05) is 30.5 Å². The van der Waals surface area contributed by atoms with Crippen molar-refractivity contribution in [3.8, 4) is 22.4 Å². The summed E-state index contributed by atoms with van der Waals surface area (Å²) in [7, 11) is 3.48. The summed E-state index contributed by atoms with van der Waals surface area (Å²) in [5.41, 5.74) is 9.57. The minimum atomic E-state index is -0.768. The van der Waals surface area contributed by atoms with Crippen LogP contribution in [-0.4, -0.2) is 68.9 Å². The first kappa shape index (κ1) is 23.7. The van der Waals surface area contributed by atoms with Crippen LogP contribution < -0.4 is 0 Å². The van der Waals surface area contributed by atoms with Gasteiger partial charge in [-0.3, -0.25) is 14.5 Å². The summed E-state index contributed by atoms with van der Waals surface area (Å²) < 4.78 is 0. The Morgan fingerprint density at radius 3 is 2.64 bits per heavy atom. The lowest BCUT2D eigenvalue weighted by atomic mass is 9.92. The zero-order valence-electron chi connectivity index (χ0n) is 20.7. The predicted octanol–water partition coefficient (Wildman–Crippen LogP) is 4.13. The lowest BCUT2D eigenvalue weighted by Gasteiger charge is -2.29. The predicted molar refractivity (Wildman–Crippen MR) is 139 cm³/mol. The van der Waals surface area contributed by atoms with Crippen LogP contribution in [0.15, 0.2) is 48.8 Å². The second-order valence-electron chi connectivity index (χ2n) is 9.53. The lowest BCUT2D eigenvalue weighted by molar-refractivity contribution is -0.137. The number of nitrogens with zero attached hydrogens (tertiary/aromatic N) is 4. The van der Waals surface area contributed by atoms with E-state index in [-0.39, 0.29) is 12.3 Å². The fourth-order valence-electron chi connectivity index (χ4n) is 4.87. The maximum Gasteiger partial charge on any atom is 0.304 e. The standard InChI is InChI=1S/C28H29N5O3/c1-17-12-20(13-21-16-33(10-8-22(17)21)11-9-25(34)35)24-15-30-27-26(31-24)23(14-29-27)18-4-6-19(7-5-18)28(36)32(2)3/h4-7,12-15H,8-11,16H2,1-3H3,(H,29,30)(H,34,35). The number of hydrogen-bond acceptors (Lipinski definition) is 5. The van der Waals surface area contributed by atoms with Crippen LogP contribution >= 0.6 is 0 Å². The van der Waals surface area contributed by atoms with Gasteiger partial charge in [0, 0.05) is 56.6 Å². The fraction of sp³-hybridized carbons (Fsp3) is 0.286. The number of aromatic nitrogens is 3. The van der Waals surface area contributed by atoms with E-state index in [4.69, 9.17) is 10.1 Å². The Morgan fingerprint density at radius 1 is 1.14 bits per heavy atom. The largest absolute Gasteiger partial charge is 0.481 e. The molecule has 0 atom stereocenters. The van der Waals surface area contributed by atoms with Gasteiger partial charge in [0.15, 0.2) is 5.65 Å². The van der Waals surface area contributed by atoms with Crippen LogP contribution in [0, 0.1) is 6.92 Å². The molecule has 1 aliphatic rings. The third kappa shape index (κ3) is 4.59. The van der Waals surface area contributed by atoms with Crippen molar-refractivity contribution in [2.24, 2.45) is 0 Å². The molecule has 0 spiro atoms. The van der Waals surface area contributed by atoms with Crippen molar-refractivity contribution < 1.29 is 14.7 Å². The van der Waals surface area contributed by atoms with Gasteiger partial charge in [-0.15, -0.1) is 0 Å². The molecule has 4 aromatic rings. The number of rotatable bonds is 6. The molecule has 0 aliphatic carbocycles. The smallest absolute Gasteiger partial charge is 0.304 e. The molecule has 1 amide bonds. The third-order valence-corrected chi connectivity index (χ3v) is 6.80. The molecule has 0 saturated carbocycles. The molecular formula is C28H29N5O3. The highest BCUT2D eigenvalue weighted by Gasteiger charge is 2.20. The van der Waals surface area contributed by atoms with Crippen molar-refractivity contribution >= 4 is 23.0 Å². The average Bonchev–Trinajstić information content (AvgIpc) is 3.30. The number of nitrogens with one attached hydrogen (secondary N) is 1. The molecule has 36 heavy (non-hydrogen) atoms. The maximum atomic E-state index is 12.2. The summed E-state index contributed by atoms with van der Waals surface area (Å²) in [5.74, 6) is -0.803. The van der Waals surface area contributed by atoms with Crippen molar-refractivity contribution in [2.45, 2.75) is 26.3 Å². The highest BCUT2D eigenvalue weighted by molar-refractivity contribution is 5.96. The first-order chi connectivity index (χ1) is 17.3. The Bertz CT molecular complexity index is 1460. The Labute approximate surface area is 209 Å². The third-order valence-electron chi connectivity index (χ3n) is 6.80. The molecule has 8 heteroatoms. The molecule has 5 rings (SSSR count). The maximum absolute atomic E-state index is 12.2. The summed E-state index contributed by atoms with van der Waals surface area (Å²) in [5, 5.41) is 9.05. The van der Waals surface area contributed by atoms with Gasteiger partial charge in [-0.1, -0.05) is 12.1 Å². The van der Waals surface area contributed by atoms with Gasteiger partial charge in [0.05, 0.1) is 18.3 Å². The van der Waals surface area contributed by atoms with Gasteiger partial charge in [0.25, 0.3) is 5.91 Å². The Kier molecular flexibility index (Phi) is 6.28. The minimum absolute atomic E-state index is 0.0353. The van der Waals surface area contributed by atoms with Crippen molar-refractivity contribution in [3.05, 3.63) is 71.0 Å². The quantitative estimate of drug-likeness (QED) is 0.427. The van der Waals surface area contributed by atoms with E-state index in [1.165, 1.54) is 16.7 Å². The number of aromatic amines is 1. The van der Waals surface area contributed by atoms with Crippen LogP contribution in [0.3, 0.4) is 0 Å². The van der Waals surface area contributed by atoms with Gasteiger partial charge in [-0.25, -0.2) is 9.97 Å². The minimum Gasteiger partial charge on any atom is -0.481 e. The highest BCUT2D eigenvalue weighted by Crippen LogP contribution is 2.31. The van der Waals surface area contributed by atoms with Gasteiger partial charge >= 0.3 is 5.97 Å². The van der Waals surface area contributed by atoms with Gasteiger partial charge < -0.3 is 15.0 Å². The number of H-pyrrole nitrogens is 1. The molecular weight excluding hydrogens is 454 g/mol. The number of carboxylic acids is 1. The average molecular weight is 484 g/mol. The zero-order valence-corrected chi connectivity index (χ0v) is 20.7. The SMILES string of the molecule is Cc1cc(-c2cnc3[nH]cc(-c4ccc(C(=O)N(C)C)cc4)c3n2)cc2c1CCN(CCC(=O)O)C2. The number of hydrogen-bond donors (Lipinski definition) is 2. The topological polar surface area (TPSA) is 102 Å². The Hall–Kier alpha value is -4.04. The molecule has 0 bridgehead atoms. The second kappa shape index (κ2) is 9.54. The summed E-state index contributed by atoms with van der Waals surface area (Å²) in [6, 6.07) is 11.9. The Balaban J connectivity index is 1.47. The van der Waals surface area contributed by atoms with Gasteiger partial charge in [-0.2, -0.15) is 0 Å². The summed E-state index contributed by atoms with van der Waals surface area (Å²) in [6.45, 7) is 4.28. The Morgan fingerprint density at radius 2 is 1.92 bits per heavy atom. The summed E-state index contributed by atoms with van der Waals surface area (Å²) in [4.78, 5) is 39.8. The molecule has 1 aliphatic heterocycles. The van der Waals surface area contributed by atoms with Crippen molar-refractivity contribution in [2.75, 3.05) is 27.2 Å². The molecule has 8 nitrogen and oxygen atoms in total. The van der Waals surface area contributed by atoms with E-state index in [0.717, 1.165) is 47.4 Å². The molecule has 0 radical (unpaired) electrons. The summed E-state index contributed by atoms with van der Waals surface area (Å²) >= 11 is 0. The molecule has 0 saturated heterocycles. The molecule has 0 fully saturated rings. The number of amides is 1. The number of fused-ring (bicyclic) bond motifs is 2. The molecule has 2 N–H and O–H groups in total. The van der Waals surface area contributed by atoms with E-state index in [0.29, 0.717) is 17.8 Å². The summed E-state index contributed by atoms with van der Waals surface area (Å²) in [6.07, 6.45) is 4.75.